The summed E-state index contributed by atoms with van der Waals surface area (Å²) >= 11 is 0. The molecule has 1 aromatic carbocycles. The molecule has 96 valence electrons. The highest BCUT2D eigenvalue weighted by molar-refractivity contribution is 5.80. The van der Waals surface area contributed by atoms with Gasteiger partial charge in [0.05, 0.1) is 12.6 Å². The molecule has 0 atom stereocenters. The van der Waals surface area contributed by atoms with Gasteiger partial charge in [0.25, 0.3) is 0 Å². The van der Waals surface area contributed by atoms with Crippen molar-refractivity contribution in [1.29, 1.82) is 0 Å². The number of aromatic amines is 1. The molecule has 3 N–H and O–H groups in total. The number of hydrogen-bond donors (Lipinski definition) is 2. The van der Waals surface area contributed by atoms with E-state index < -0.39 is 0 Å². The molecular formula is C14H14N4O. The molecule has 0 spiro atoms. The molecule has 0 aliphatic rings. The van der Waals surface area contributed by atoms with Gasteiger partial charge in [0.15, 0.2) is 5.65 Å². The number of ether oxygens (including phenoxy) is 1. The first-order valence-electron chi connectivity index (χ1n) is 5.94. The second kappa shape index (κ2) is 4.28. The van der Waals surface area contributed by atoms with Gasteiger partial charge in [-0.1, -0.05) is 11.6 Å². The monoisotopic (exact) mass is 254 g/mol. The van der Waals surface area contributed by atoms with E-state index in [0.717, 1.165) is 22.5 Å². The molecule has 5 heteroatoms. The van der Waals surface area contributed by atoms with Crippen molar-refractivity contribution in [1.82, 2.24) is 15.0 Å². The zero-order valence-corrected chi connectivity index (χ0v) is 10.8. The highest BCUT2D eigenvalue weighted by atomic mass is 16.5. The molecule has 0 radical (unpaired) electrons. The molecule has 0 amide bonds. The summed E-state index contributed by atoms with van der Waals surface area (Å²) in [6.07, 6.45) is 0. The normalized spacial score (nSPS) is 10.8. The van der Waals surface area contributed by atoms with Crippen LogP contribution in [0.5, 0.6) is 5.88 Å². The number of hydrogen-bond acceptors (Lipinski definition) is 4. The number of nitrogens with one attached hydrogen (secondary N) is 1. The first kappa shape index (κ1) is 11.5. The van der Waals surface area contributed by atoms with Crippen molar-refractivity contribution < 1.29 is 4.74 Å². The van der Waals surface area contributed by atoms with Gasteiger partial charge >= 0.3 is 0 Å². The fraction of sp³-hybridized carbons (Fsp3) is 0.143. The fourth-order valence-electron chi connectivity index (χ4n) is 1.99. The Morgan fingerprint density at radius 1 is 1.16 bits per heavy atom. The highest BCUT2D eigenvalue weighted by Gasteiger charge is 2.10. The summed E-state index contributed by atoms with van der Waals surface area (Å²) < 4.78 is 5.09. The SMILES string of the molecule is COc1ccc2[nH]c(-c3cc(C)ccc3N)nc2n1. The van der Waals surface area contributed by atoms with E-state index in [2.05, 4.69) is 15.0 Å². The Morgan fingerprint density at radius 2 is 2.00 bits per heavy atom. The quantitative estimate of drug-likeness (QED) is 0.689. The first-order valence-corrected chi connectivity index (χ1v) is 5.94. The number of nitrogens with zero attached hydrogens (tertiary/aromatic N) is 2. The molecule has 0 saturated heterocycles. The van der Waals surface area contributed by atoms with Crippen LogP contribution in [0.3, 0.4) is 0 Å². The maximum absolute atomic E-state index is 5.99. The number of pyridine rings is 1. The van der Waals surface area contributed by atoms with Gasteiger partial charge in [0, 0.05) is 17.3 Å². The molecule has 0 aliphatic carbocycles. The van der Waals surface area contributed by atoms with E-state index in [0.29, 0.717) is 17.2 Å². The van der Waals surface area contributed by atoms with Crippen molar-refractivity contribution in [2.75, 3.05) is 12.8 Å². The summed E-state index contributed by atoms with van der Waals surface area (Å²) in [5, 5.41) is 0. The van der Waals surface area contributed by atoms with Gasteiger partial charge in [-0.25, -0.2) is 4.98 Å². The minimum Gasteiger partial charge on any atom is -0.481 e. The van der Waals surface area contributed by atoms with Crippen molar-refractivity contribution in [3.63, 3.8) is 0 Å². The summed E-state index contributed by atoms with van der Waals surface area (Å²) in [5.41, 5.74) is 10.2. The number of nitrogens with two attached hydrogens (primary N) is 1. The van der Waals surface area contributed by atoms with Crippen molar-refractivity contribution in [3.05, 3.63) is 35.9 Å². The lowest BCUT2D eigenvalue weighted by atomic mass is 10.1. The molecule has 3 aromatic rings. The summed E-state index contributed by atoms with van der Waals surface area (Å²) in [7, 11) is 1.58. The van der Waals surface area contributed by atoms with Gasteiger partial charge in [-0.3, -0.25) is 0 Å². The van der Waals surface area contributed by atoms with E-state index in [1.54, 1.807) is 13.2 Å². The van der Waals surface area contributed by atoms with Gasteiger partial charge < -0.3 is 15.5 Å². The number of methoxy groups -OCH3 is 1. The van der Waals surface area contributed by atoms with E-state index in [1.165, 1.54) is 0 Å². The van der Waals surface area contributed by atoms with Crippen LogP contribution in [0.4, 0.5) is 5.69 Å². The second-order valence-electron chi connectivity index (χ2n) is 4.40. The topological polar surface area (TPSA) is 76.8 Å². The average molecular weight is 254 g/mol. The fourth-order valence-corrected chi connectivity index (χ4v) is 1.99. The van der Waals surface area contributed by atoms with Crippen LogP contribution in [0.2, 0.25) is 0 Å². The van der Waals surface area contributed by atoms with Crippen LogP contribution in [-0.4, -0.2) is 22.1 Å². The minimum absolute atomic E-state index is 0.544. The Hall–Kier alpha value is -2.56. The third kappa shape index (κ3) is 1.99. The second-order valence-corrected chi connectivity index (χ2v) is 4.40. The van der Waals surface area contributed by atoms with Crippen LogP contribution < -0.4 is 10.5 Å². The lowest BCUT2D eigenvalue weighted by Gasteiger charge is -2.03. The third-order valence-corrected chi connectivity index (χ3v) is 2.99. The number of aryl methyl sites for hydroxylation is 1. The number of imidazole rings is 1. The Kier molecular flexibility index (Phi) is 2.59. The predicted octanol–water partition coefficient (Wildman–Crippen LogP) is 2.52. The predicted molar refractivity (Wildman–Crippen MR) is 75.0 cm³/mol. The summed E-state index contributed by atoms with van der Waals surface area (Å²) in [5.74, 6) is 1.26. The Morgan fingerprint density at radius 3 is 2.79 bits per heavy atom. The van der Waals surface area contributed by atoms with Crippen LogP contribution >= 0.6 is 0 Å². The van der Waals surface area contributed by atoms with Gasteiger partial charge in [-0.05, 0) is 25.1 Å². The Labute approximate surface area is 110 Å². The van der Waals surface area contributed by atoms with Gasteiger partial charge in [0.1, 0.15) is 5.82 Å². The van der Waals surface area contributed by atoms with Gasteiger partial charge in [0.2, 0.25) is 5.88 Å². The summed E-state index contributed by atoms with van der Waals surface area (Å²) in [4.78, 5) is 12.0. The van der Waals surface area contributed by atoms with Crippen molar-refractivity contribution >= 4 is 16.9 Å². The van der Waals surface area contributed by atoms with Gasteiger partial charge in [-0.15, -0.1) is 0 Å². The van der Waals surface area contributed by atoms with Gasteiger partial charge in [-0.2, -0.15) is 4.98 Å². The molecule has 19 heavy (non-hydrogen) atoms. The molecular weight excluding hydrogens is 240 g/mol. The smallest absolute Gasteiger partial charge is 0.215 e. The first-order chi connectivity index (χ1) is 9.17. The molecule has 0 bridgehead atoms. The Balaban J connectivity index is 2.17. The maximum atomic E-state index is 5.99. The summed E-state index contributed by atoms with van der Waals surface area (Å²) in [6.45, 7) is 2.02. The third-order valence-electron chi connectivity index (χ3n) is 2.99. The Bertz CT molecular complexity index is 748. The largest absolute Gasteiger partial charge is 0.481 e. The number of aromatic nitrogens is 3. The van der Waals surface area contributed by atoms with Crippen LogP contribution in [-0.2, 0) is 0 Å². The standard InChI is InChI=1S/C14H14N4O/c1-8-3-4-10(15)9(7-8)13-16-11-5-6-12(19-2)17-14(11)18-13/h3-7H,15H2,1-2H3,(H,16,17,18). The number of benzene rings is 1. The van der Waals surface area contributed by atoms with Crippen molar-refractivity contribution in [2.45, 2.75) is 6.92 Å². The van der Waals surface area contributed by atoms with E-state index in [1.807, 2.05) is 31.2 Å². The maximum Gasteiger partial charge on any atom is 0.215 e. The highest BCUT2D eigenvalue weighted by Crippen LogP contribution is 2.26. The lowest BCUT2D eigenvalue weighted by Crippen LogP contribution is -1.92. The van der Waals surface area contributed by atoms with E-state index in [9.17, 15) is 0 Å². The molecule has 2 aromatic heterocycles. The molecule has 3 rings (SSSR count). The molecule has 5 nitrogen and oxygen atoms in total. The average Bonchev–Trinajstić information content (AvgIpc) is 2.83. The van der Waals surface area contributed by atoms with Crippen LogP contribution in [0.25, 0.3) is 22.6 Å². The van der Waals surface area contributed by atoms with Crippen LogP contribution in [0.1, 0.15) is 5.56 Å². The van der Waals surface area contributed by atoms with Crippen molar-refractivity contribution in [3.8, 4) is 17.3 Å². The molecule has 0 aliphatic heterocycles. The summed E-state index contributed by atoms with van der Waals surface area (Å²) in [6, 6.07) is 9.55. The molecule has 0 fully saturated rings. The number of anilines is 1. The molecule has 0 unspecified atom stereocenters. The minimum atomic E-state index is 0.544. The number of rotatable bonds is 2. The number of fused-ring (bicyclic) bond motifs is 1. The molecule has 0 saturated carbocycles. The molecule has 2 heterocycles. The van der Waals surface area contributed by atoms with E-state index in [-0.39, 0.29) is 0 Å². The van der Waals surface area contributed by atoms with Crippen LogP contribution in [0, 0.1) is 6.92 Å². The lowest BCUT2D eigenvalue weighted by molar-refractivity contribution is 0.399. The zero-order chi connectivity index (χ0) is 13.4. The van der Waals surface area contributed by atoms with E-state index >= 15 is 0 Å². The number of nitrogen functional groups attached to an aromatic ring is 1. The van der Waals surface area contributed by atoms with E-state index in [4.69, 9.17) is 10.5 Å². The van der Waals surface area contributed by atoms with Crippen LogP contribution in [0.15, 0.2) is 30.3 Å². The van der Waals surface area contributed by atoms with Crippen molar-refractivity contribution in [2.24, 2.45) is 0 Å². The zero-order valence-electron chi connectivity index (χ0n) is 10.8. The number of H-pyrrole nitrogens is 1.